The van der Waals surface area contributed by atoms with Crippen LogP contribution in [0, 0.1) is 0 Å². The Morgan fingerprint density at radius 3 is 0.969 bits per heavy atom. The van der Waals surface area contributed by atoms with Gasteiger partial charge >= 0.3 is 0 Å². The molecule has 0 radical (unpaired) electrons. The van der Waals surface area contributed by atoms with E-state index in [1.165, 1.54) is 43.1 Å². The van der Waals surface area contributed by atoms with Crippen LogP contribution in [0.25, 0.3) is 43.1 Å². The van der Waals surface area contributed by atoms with E-state index in [1.54, 1.807) is 0 Å². The Morgan fingerprint density at radius 1 is 0.375 bits per heavy atom. The van der Waals surface area contributed by atoms with E-state index in [0.29, 0.717) is 0 Å². The Kier molecular flexibility index (Phi) is 4.47. The predicted molar refractivity (Wildman–Crippen MR) is 138 cm³/mol. The van der Waals surface area contributed by atoms with E-state index < -0.39 is 0 Å². The third-order valence-electron chi connectivity index (χ3n) is 6.07. The molecule has 0 N–H and O–H groups in total. The molecule has 0 aliphatic heterocycles. The fourth-order valence-electron chi connectivity index (χ4n) is 4.56. The van der Waals surface area contributed by atoms with Crippen LogP contribution in [0.2, 0.25) is 0 Å². The molecule has 0 atom stereocenters. The van der Waals surface area contributed by atoms with Crippen molar-refractivity contribution in [1.29, 1.82) is 0 Å². The summed E-state index contributed by atoms with van der Waals surface area (Å²) in [5.74, 6) is 0. The molecular formula is C30H20N2. The van der Waals surface area contributed by atoms with Crippen molar-refractivity contribution < 1.29 is 0 Å². The summed E-state index contributed by atoms with van der Waals surface area (Å²) in [6.07, 6.45) is 3.77. The highest BCUT2D eigenvalue weighted by molar-refractivity contribution is 6.15. The van der Waals surface area contributed by atoms with Gasteiger partial charge < -0.3 is 0 Å². The van der Waals surface area contributed by atoms with Gasteiger partial charge in [-0.2, -0.15) is 10.2 Å². The van der Waals surface area contributed by atoms with Gasteiger partial charge in [0.05, 0.1) is 12.4 Å². The average Bonchev–Trinajstić information content (AvgIpc) is 2.85. The Hall–Kier alpha value is -4.30. The van der Waals surface area contributed by atoms with E-state index in [9.17, 15) is 0 Å². The molecular weight excluding hydrogens is 388 g/mol. The van der Waals surface area contributed by atoms with Crippen LogP contribution in [0.1, 0.15) is 11.1 Å². The van der Waals surface area contributed by atoms with Gasteiger partial charge in [-0.3, -0.25) is 0 Å². The van der Waals surface area contributed by atoms with Crippen LogP contribution in [-0.4, -0.2) is 12.4 Å². The zero-order chi connectivity index (χ0) is 21.3. The Morgan fingerprint density at radius 2 is 0.656 bits per heavy atom. The second-order valence-corrected chi connectivity index (χ2v) is 7.95. The highest BCUT2D eigenvalue weighted by Gasteiger charge is 2.06. The molecule has 0 aromatic heterocycles. The second kappa shape index (κ2) is 7.75. The normalized spacial score (nSPS) is 12.1. The number of hydrogen-bond donors (Lipinski definition) is 0. The van der Waals surface area contributed by atoms with Crippen molar-refractivity contribution in [1.82, 2.24) is 0 Å². The molecule has 2 heteroatoms. The lowest BCUT2D eigenvalue weighted by molar-refractivity contribution is 1.27. The highest BCUT2D eigenvalue weighted by atomic mass is 15.2. The van der Waals surface area contributed by atoms with Crippen LogP contribution in [0.3, 0.4) is 0 Å². The molecule has 0 saturated heterocycles. The zero-order valence-electron chi connectivity index (χ0n) is 17.4. The van der Waals surface area contributed by atoms with E-state index in [4.69, 9.17) is 0 Å². The van der Waals surface area contributed by atoms with Gasteiger partial charge in [0, 0.05) is 11.1 Å². The van der Waals surface area contributed by atoms with Crippen LogP contribution in [-0.2, 0) is 0 Å². The number of hydrogen-bond acceptors (Lipinski definition) is 2. The van der Waals surface area contributed by atoms with Crippen molar-refractivity contribution >= 4 is 55.5 Å². The molecule has 150 valence electrons. The molecule has 0 heterocycles. The first kappa shape index (κ1) is 18.5. The van der Waals surface area contributed by atoms with Gasteiger partial charge in [-0.05, 0) is 55.2 Å². The number of nitrogens with zero attached hydrogens (tertiary/aromatic N) is 2. The summed E-state index contributed by atoms with van der Waals surface area (Å²) < 4.78 is 0. The molecule has 2 nitrogen and oxygen atoms in total. The molecule has 6 aromatic rings. The minimum Gasteiger partial charge on any atom is -0.158 e. The molecule has 0 spiro atoms. The summed E-state index contributed by atoms with van der Waals surface area (Å²) >= 11 is 0. The molecule has 32 heavy (non-hydrogen) atoms. The molecule has 0 saturated carbocycles. The van der Waals surface area contributed by atoms with E-state index in [2.05, 4.69) is 119 Å². The van der Waals surface area contributed by atoms with E-state index in [0.717, 1.165) is 11.1 Å². The van der Waals surface area contributed by atoms with Gasteiger partial charge in [-0.1, -0.05) is 97.1 Å². The Bertz CT molecular complexity index is 1440. The second-order valence-electron chi connectivity index (χ2n) is 7.95. The fourth-order valence-corrected chi connectivity index (χ4v) is 4.56. The lowest BCUT2D eigenvalue weighted by Gasteiger charge is -2.08. The smallest absolute Gasteiger partial charge is 0.0580 e. The van der Waals surface area contributed by atoms with Gasteiger partial charge in [-0.15, -0.1) is 0 Å². The summed E-state index contributed by atoms with van der Waals surface area (Å²) in [6.45, 7) is 0. The van der Waals surface area contributed by atoms with Gasteiger partial charge in [0.25, 0.3) is 0 Å². The van der Waals surface area contributed by atoms with E-state index in [1.807, 2.05) is 12.4 Å². The van der Waals surface area contributed by atoms with Gasteiger partial charge in [0.2, 0.25) is 0 Å². The quantitative estimate of drug-likeness (QED) is 0.162. The molecule has 0 bridgehead atoms. The predicted octanol–water partition coefficient (Wildman–Crippen LogP) is 7.75. The minimum atomic E-state index is 1.10. The van der Waals surface area contributed by atoms with E-state index in [-0.39, 0.29) is 0 Å². The number of rotatable bonds is 3. The SMILES string of the molecule is C(=NN=Cc1c2ccccc2cc2ccccc12)c1c2ccccc2cc2ccccc12. The van der Waals surface area contributed by atoms with Crippen molar-refractivity contribution in [2.75, 3.05) is 0 Å². The summed E-state index contributed by atoms with van der Waals surface area (Å²) in [5.41, 5.74) is 2.19. The summed E-state index contributed by atoms with van der Waals surface area (Å²) in [7, 11) is 0. The van der Waals surface area contributed by atoms with Crippen LogP contribution >= 0.6 is 0 Å². The van der Waals surface area contributed by atoms with Crippen molar-refractivity contribution in [3.05, 3.63) is 120 Å². The molecule has 0 aliphatic rings. The van der Waals surface area contributed by atoms with Crippen LogP contribution < -0.4 is 0 Å². The maximum absolute atomic E-state index is 4.50. The first-order valence-corrected chi connectivity index (χ1v) is 10.8. The lowest BCUT2D eigenvalue weighted by atomic mass is 9.97. The molecule has 0 unspecified atom stereocenters. The van der Waals surface area contributed by atoms with Gasteiger partial charge in [0.1, 0.15) is 0 Å². The van der Waals surface area contributed by atoms with Crippen molar-refractivity contribution in [2.45, 2.75) is 0 Å². The Balaban J connectivity index is 1.49. The zero-order valence-corrected chi connectivity index (χ0v) is 17.4. The summed E-state index contributed by atoms with van der Waals surface area (Å²) in [5, 5.41) is 18.5. The Labute approximate surface area is 186 Å². The van der Waals surface area contributed by atoms with Gasteiger partial charge in [-0.25, -0.2) is 0 Å². The number of benzene rings is 6. The third-order valence-corrected chi connectivity index (χ3v) is 6.07. The van der Waals surface area contributed by atoms with Crippen molar-refractivity contribution in [2.24, 2.45) is 10.2 Å². The third kappa shape index (κ3) is 3.14. The monoisotopic (exact) mass is 408 g/mol. The van der Waals surface area contributed by atoms with Crippen LogP contribution in [0.4, 0.5) is 0 Å². The largest absolute Gasteiger partial charge is 0.158 e. The maximum atomic E-state index is 4.50. The van der Waals surface area contributed by atoms with Crippen LogP contribution in [0.5, 0.6) is 0 Å². The standard InChI is InChI=1S/C30H20N2/c1-5-13-25-21(9-1)17-22-10-2-6-14-26(22)29(25)19-31-32-20-30-27-15-7-3-11-23(27)18-24-12-4-8-16-28(24)30/h1-20H. The summed E-state index contributed by atoms with van der Waals surface area (Å²) in [6, 6.07) is 38.2. The molecule has 0 fully saturated rings. The summed E-state index contributed by atoms with van der Waals surface area (Å²) in [4.78, 5) is 0. The van der Waals surface area contributed by atoms with Crippen molar-refractivity contribution in [3.63, 3.8) is 0 Å². The molecule has 0 aliphatic carbocycles. The molecule has 0 amide bonds. The van der Waals surface area contributed by atoms with Gasteiger partial charge in [0.15, 0.2) is 0 Å². The maximum Gasteiger partial charge on any atom is 0.0580 e. The average molecular weight is 409 g/mol. The fraction of sp³-hybridized carbons (Fsp3) is 0. The lowest BCUT2D eigenvalue weighted by Crippen LogP contribution is -1.89. The first-order valence-electron chi connectivity index (χ1n) is 10.8. The molecule has 6 rings (SSSR count). The number of fused-ring (bicyclic) bond motifs is 4. The molecule has 6 aromatic carbocycles. The van der Waals surface area contributed by atoms with E-state index >= 15 is 0 Å². The minimum absolute atomic E-state index is 1.10. The first-order chi connectivity index (χ1) is 15.9. The van der Waals surface area contributed by atoms with Crippen LogP contribution in [0.15, 0.2) is 119 Å². The topological polar surface area (TPSA) is 24.7 Å². The highest BCUT2D eigenvalue weighted by Crippen LogP contribution is 2.28. The van der Waals surface area contributed by atoms with Crippen molar-refractivity contribution in [3.8, 4) is 0 Å².